The summed E-state index contributed by atoms with van der Waals surface area (Å²) in [4.78, 5) is 0. The molecule has 0 N–H and O–H groups in total. The molecule has 0 aliphatic carbocycles. The molecule has 2 heterocycles. The van der Waals surface area contributed by atoms with Gasteiger partial charge in [-0.05, 0) is 84.4 Å². The highest BCUT2D eigenvalue weighted by atomic mass is 16.5. The number of allylic oxidation sites excluding steroid dienone is 2. The molecule has 0 aliphatic rings. The van der Waals surface area contributed by atoms with Crippen molar-refractivity contribution < 1.29 is 18.9 Å². The van der Waals surface area contributed by atoms with Gasteiger partial charge in [-0.15, -0.1) is 0 Å². The van der Waals surface area contributed by atoms with Crippen LogP contribution in [0.1, 0.15) is 61.8 Å². The van der Waals surface area contributed by atoms with Gasteiger partial charge in [0.1, 0.15) is 23.6 Å². The molecule has 8 nitrogen and oxygen atoms in total. The van der Waals surface area contributed by atoms with Gasteiger partial charge in [0.25, 0.3) is 0 Å². The minimum Gasteiger partial charge on any atom is -0.446 e. The lowest BCUT2D eigenvalue weighted by molar-refractivity contribution is 0.231. The van der Waals surface area contributed by atoms with Gasteiger partial charge in [0.05, 0.1) is 13.2 Å². The number of hydrogen-bond donors (Lipinski definition) is 0. The molecule has 4 aromatic rings. The maximum Gasteiger partial charge on any atom is 0.202 e. The van der Waals surface area contributed by atoms with Crippen molar-refractivity contribution in [1.82, 2.24) is 9.13 Å². The monoisotopic (exact) mass is 596 g/mol. The third kappa shape index (κ3) is 7.90. The average molecular weight is 597 g/mol. The molecule has 0 saturated heterocycles. The van der Waals surface area contributed by atoms with Gasteiger partial charge < -0.3 is 28.1 Å². The number of hydrogen-bond acceptors (Lipinski definition) is 6. The van der Waals surface area contributed by atoms with Crippen molar-refractivity contribution in [2.75, 3.05) is 27.4 Å². The van der Waals surface area contributed by atoms with Gasteiger partial charge in [-0.2, -0.15) is 10.5 Å². The van der Waals surface area contributed by atoms with Crippen molar-refractivity contribution in [1.29, 1.82) is 10.5 Å². The summed E-state index contributed by atoms with van der Waals surface area (Å²) >= 11 is 0. The first-order valence-corrected chi connectivity index (χ1v) is 14.7. The van der Waals surface area contributed by atoms with Gasteiger partial charge in [-0.3, -0.25) is 0 Å². The molecule has 2 aromatic carbocycles. The Balaban J connectivity index is 0.000000240. The second-order valence-corrected chi connectivity index (χ2v) is 11.4. The number of methoxy groups -OCH3 is 2. The largest absolute Gasteiger partial charge is 0.446 e. The van der Waals surface area contributed by atoms with E-state index in [1.165, 1.54) is 22.2 Å². The summed E-state index contributed by atoms with van der Waals surface area (Å²) < 4.78 is 25.9. The predicted octanol–water partition coefficient (Wildman–Crippen LogP) is 8.09. The summed E-state index contributed by atoms with van der Waals surface area (Å²) in [5, 5.41) is 20.7. The lowest BCUT2D eigenvalue weighted by atomic mass is 10.00. The van der Waals surface area contributed by atoms with Gasteiger partial charge in [-0.25, -0.2) is 0 Å². The zero-order valence-electron chi connectivity index (χ0n) is 27.6. The fourth-order valence-corrected chi connectivity index (χ4v) is 5.10. The highest BCUT2D eigenvalue weighted by Crippen LogP contribution is 2.35. The number of benzene rings is 2. The van der Waals surface area contributed by atoms with Crippen molar-refractivity contribution in [3.8, 4) is 23.6 Å². The summed E-state index contributed by atoms with van der Waals surface area (Å²) in [5.41, 5.74) is 6.91. The smallest absolute Gasteiger partial charge is 0.202 e. The molecule has 0 aliphatic heterocycles. The number of ether oxygens (including phenoxy) is 4. The van der Waals surface area contributed by atoms with Crippen LogP contribution in [0.15, 0.2) is 60.3 Å². The number of nitriles is 2. The van der Waals surface area contributed by atoms with Gasteiger partial charge in [0, 0.05) is 62.5 Å². The van der Waals surface area contributed by atoms with Crippen molar-refractivity contribution in [3.63, 3.8) is 0 Å². The number of rotatable bonds is 10. The summed E-state index contributed by atoms with van der Waals surface area (Å²) in [7, 11) is 7.26. The Hall–Kier alpha value is -4.50. The molecule has 0 atom stereocenters. The number of nitrogens with zero attached hydrogens (tertiary/aromatic N) is 4. The molecule has 0 amide bonds. The third-order valence-corrected chi connectivity index (χ3v) is 7.42. The zero-order chi connectivity index (χ0) is 32.6. The highest BCUT2D eigenvalue weighted by molar-refractivity contribution is 5.87. The van der Waals surface area contributed by atoms with E-state index in [4.69, 9.17) is 18.9 Å². The van der Waals surface area contributed by atoms with Gasteiger partial charge in [0.2, 0.25) is 11.5 Å². The van der Waals surface area contributed by atoms with Crippen LogP contribution in [0.3, 0.4) is 0 Å². The Kier molecular flexibility index (Phi) is 11.8. The molecule has 0 radical (unpaired) electrons. The average Bonchev–Trinajstić information content (AvgIpc) is 3.43. The first-order chi connectivity index (χ1) is 20.9. The molecule has 0 spiro atoms. The second kappa shape index (κ2) is 15.3. The molecule has 2 aromatic heterocycles. The topological polar surface area (TPSA) is 94.4 Å². The zero-order valence-corrected chi connectivity index (χ0v) is 27.6. The second-order valence-electron chi connectivity index (χ2n) is 11.4. The first kappa shape index (κ1) is 34.0. The van der Waals surface area contributed by atoms with E-state index in [2.05, 4.69) is 87.3 Å². The molecule has 0 unspecified atom stereocenters. The Bertz CT molecular complexity index is 1630. The van der Waals surface area contributed by atoms with Crippen LogP contribution in [0.2, 0.25) is 0 Å². The van der Waals surface area contributed by atoms with E-state index >= 15 is 0 Å². The highest BCUT2D eigenvalue weighted by Gasteiger charge is 2.16. The van der Waals surface area contributed by atoms with E-state index in [9.17, 15) is 10.5 Å². The van der Waals surface area contributed by atoms with Crippen LogP contribution in [0.5, 0.6) is 11.5 Å². The quantitative estimate of drug-likeness (QED) is 0.136. The molecule has 0 saturated carbocycles. The number of fused-ring (bicyclic) bond motifs is 2. The van der Waals surface area contributed by atoms with Crippen LogP contribution >= 0.6 is 0 Å². The first-order valence-electron chi connectivity index (χ1n) is 14.7. The van der Waals surface area contributed by atoms with E-state index in [1.54, 1.807) is 26.4 Å². The van der Waals surface area contributed by atoms with E-state index in [0.717, 1.165) is 33.4 Å². The number of aromatic nitrogens is 2. The maximum absolute atomic E-state index is 9.21. The van der Waals surface area contributed by atoms with Crippen LogP contribution in [-0.4, -0.2) is 36.6 Å². The lowest BCUT2D eigenvalue weighted by Gasteiger charge is -2.14. The van der Waals surface area contributed by atoms with Gasteiger partial charge in [0.15, 0.2) is 0 Å². The Morgan fingerprint density at radius 2 is 1.07 bits per heavy atom. The van der Waals surface area contributed by atoms with Crippen LogP contribution in [0.25, 0.3) is 21.8 Å². The molecule has 4 rings (SSSR count). The fraction of sp³-hybridized carbons (Fsp3) is 0.389. The molecule has 0 bridgehead atoms. The van der Waals surface area contributed by atoms with E-state index in [-0.39, 0.29) is 11.5 Å². The van der Waals surface area contributed by atoms with Crippen LogP contribution < -0.4 is 9.47 Å². The molecule has 232 valence electrons. The van der Waals surface area contributed by atoms with Crippen LogP contribution in [0.4, 0.5) is 0 Å². The normalized spacial score (nSPS) is 12.0. The Labute approximate surface area is 261 Å². The van der Waals surface area contributed by atoms with Gasteiger partial charge >= 0.3 is 0 Å². The van der Waals surface area contributed by atoms with Crippen molar-refractivity contribution in [2.24, 2.45) is 14.1 Å². The fourth-order valence-electron chi connectivity index (χ4n) is 5.10. The lowest BCUT2D eigenvalue weighted by Crippen LogP contribution is -2.00. The number of aryl methyl sites for hydroxylation is 4. The molecule has 44 heavy (non-hydrogen) atoms. The molecule has 8 heteroatoms. The van der Waals surface area contributed by atoms with E-state index in [1.807, 2.05) is 26.2 Å². The molecule has 0 fully saturated rings. The maximum atomic E-state index is 9.21. The minimum absolute atomic E-state index is 0.261. The van der Waals surface area contributed by atoms with Crippen molar-refractivity contribution in [3.05, 3.63) is 82.6 Å². The predicted molar refractivity (Wildman–Crippen MR) is 176 cm³/mol. The molecular formula is C36H44N4O4. The third-order valence-electron chi connectivity index (χ3n) is 7.42. The SMILES string of the molecule is COCC=C(C#N)Oc1cc2c(C)cn(C)c2cc1C(C)C.COCC=C(C#N)Oc1cc2c(C)cn(C)c2cc1C(C)C. The summed E-state index contributed by atoms with van der Waals surface area (Å²) in [6.07, 6.45) is 7.49. The van der Waals surface area contributed by atoms with Crippen LogP contribution in [-0.2, 0) is 23.6 Å². The van der Waals surface area contributed by atoms with E-state index in [0.29, 0.717) is 25.0 Å². The van der Waals surface area contributed by atoms with Crippen LogP contribution in [0, 0.1) is 36.5 Å². The summed E-state index contributed by atoms with van der Waals surface area (Å²) in [6.45, 7) is 13.3. The van der Waals surface area contributed by atoms with Gasteiger partial charge in [-0.1, -0.05) is 27.7 Å². The summed E-state index contributed by atoms with van der Waals surface area (Å²) in [5.74, 6) is 2.60. The Morgan fingerprint density at radius 3 is 1.36 bits per heavy atom. The minimum atomic E-state index is 0.261. The van der Waals surface area contributed by atoms with E-state index < -0.39 is 0 Å². The molecular weight excluding hydrogens is 552 g/mol. The Morgan fingerprint density at radius 1 is 0.705 bits per heavy atom. The standard InChI is InChI=1S/2C18H22N2O2/c2*1-12(2)15-8-17-16(13(3)11-20(17)4)9-18(15)22-14(10-19)6-7-21-5/h2*6,8-9,11-12H,7H2,1-5H3. The van der Waals surface area contributed by atoms with Crippen molar-refractivity contribution >= 4 is 21.8 Å². The summed E-state index contributed by atoms with van der Waals surface area (Å²) in [6, 6.07) is 12.5. The van der Waals surface area contributed by atoms with Crippen molar-refractivity contribution in [2.45, 2.75) is 53.4 Å².